The van der Waals surface area contributed by atoms with Gasteiger partial charge in [-0.1, -0.05) is 0 Å². The lowest BCUT2D eigenvalue weighted by Crippen LogP contribution is -2.48. The molecule has 206 valence electrons. The van der Waals surface area contributed by atoms with E-state index in [1.54, 1.807) is 0 Å². The predicted molar refractivity (Wildman–Crippen MR) is 144 cm³/mol. The quantitative estimate of drug-likeness (QED) is 0.475. The summed E-state index contributed by atoms with van der Waals surface area (Å²) in [6.45, 7) is 11.2. The van der Waals surface area contributed by atoms with Crippen molar-refractivity contribution in [1.82, 2.24) is 9.80 Å². The fraction of sp³-hybridized carbons (Fsp3) is 0.533. The Morgan fingerprint density at radius 3 is 2.08 bits per heavy atom. The zero-order valence-corrected chi connectivity index (χ0v) is 22.7. The smallest absolute Gasteiger partial charge is 0.306 e. The Morgan fingerprint density at radius 1 is 0.868 bits per heavy atom. The van der Waals surface area contributed by atoms with E-state index >= 15 is 0 Å². The van der Waals surface area contributed by atoms with Gasteiger partial charge in [0.1, 0.15) is 17.2 Å². The van der Waals surface area contributed by atoms with E-state index in [1.807, 2.05) is 37.8 Å². The van der Waals surface area contributed by atoms with E-state index in [-0.39, 0.29) is 35.3 Å². The summed E-state index contributed by atoms with van der Waals surface area (Å²) in [6, 6.07) is 12.3. The first-order chi connectivity index (χ1) is 18.1. The molecule has 8 heteroatoms. The fourth-order valence-corrected chi connectivity index (χ4v) is 5.46. The van der Waals surface area contributed by atoms with Crippen LogP contribution in [0.2, 0.25) is 0 Å². The second kappa shape index (κ2) is 12.2. The number of carbonyl (C=O) groups is 2. The minimum absolute atomic E-state index is 0.0985. The number of likely N-dealkylation sites (tertiary alicyclic amines) is 1. The number of halogens is 2. The molecule has 0 unspecified atom stereocenters. The highest BCUT2D eigenvalue weighted by Gasteiger charge is 2.34. The maximum atomic E-state index is 13.4. The lowest BCUT2D eigenvalue weighted by Gasteiger charge is -2.41. The van der Waals surface area contributed by atoms with Crippen molar-refractivity contribution in [2.24, 2.45) is 11.8 Å². The van der Waals surface area contributed by atoms with Gasteiger partial charge in [-0.25, -0.2) is 8.78 Å². The average molecular weight is 528 g/mol. The van der Waals surface area contributed by atoms with Crippen molar-refractivity contribution in [3.05, 3.63) is 65.7 Å². The number of piperidine rings is 1. The van der Waals surface area contributed by atoms with Gasteiger partial charge in [0.2, 0.25) is 0 Å². The van der Waals surface area contributed by atoms with Crippen molar-refractivity contribution in [3.63, 3.8) is 0 Å². The Morgan fingerprint density at radius 2 is 1.47 bits per heavy atom. The van der Waals surface area contributed by atoms with E-state index in [9.17, 15) is 18.4 Å². The highest BCUT2D eigenvalue weighted by atomic mass is 19.1. The Balaban J connectivity index is 1.36. The first-order valence-electron chi connectivity index (χ1n) is 13.6. The van der Waals surface area contributed by atoms with E-state index in [2.05, 4.69) is 9.80 Å². The zero-order valence-electron chi connectivity index (χ0n) is 22.7. The third-order valence-electron chi connectivity index (χ3n) is 7.50. The number of anilines is 1. The summed E-state index contributed by atoms with van der Waals surface area (Å²) >= 11 is 0. The van der Waals surface area contributed by atoms with Gasteiger partial charge < -0.3 is 14.5 Å². The molecule has 2 heterocycles. The second-order valence-electron chi connectivity index (χ2n) is 11.5. The number of benzene rings is 2. The van der Waals surface area contributed by atoms with E-state index in [1.165, 1.54) is 36.4 Å². The number of rotatable bonds is 7. The Kier molecular flexibility index (Phi) is 9.03. The number of hydrogen-bond donors (Lipinski definition) is 0. The van der Waals surface area contributed by atoms with Gasteiger partial charge in [0, 0.05) is 56.9 Å². The van der Waals surface area contributed by atoms with Crippen molar-refractivity contribution in [1.29, 1.82) is 0 Å². The molecule has 2 aliphatic rings. The third kappa shape index (κ3) is 7.76. The first kappa shape index (κ1) is 28.0. The van der Waals surface area contributed by atoms with Crippen LogP contribution < -0.4 is 4.90 Å². The summed E-state index contributed by atoms with van der Waals surface area (Å²) in [7, 11) is 0. The zero-order chi connectivity index (χ0) is 27.3. The van der Waals surface area contributed by atoms with Gasteiger partial charge in [0.15, 0.2) is 0 Å². The second-order valence-corrected chi connectivity index (χ2v) is 11.5. The van der Waals surface area contributed by atoms with Crippen molar-refractivity contribution in [3.8, 4) is 0 Å². The maximum absolute atomic E-state index is 13.4. The van der Waals surface area contributed by atoms with Crippen molar-refractivity contribution < 1.29 is 23.1 Å². The average Bonchev–Trinajstić information content (AvgIpc) is 2.88. The highest BCUT2D eigenvalue weighted by molar-refractivity contribution is 5.94. The monoisotopic (exact) mass is 527 g/mol. The first-order valence-corrected chi connectivity index (χ1v) is 13.6. The molecule has 6 nitrogen and oxygen atoms in total. The molecule has 2 saturated heterocycles. The molecule has 0 radical (unpaired) electrons. The van der Waals surface area contributed by atoms with Gasteiger partial charge in [-0.3, -0.25) is 14.5 Å². The van der Waals surface area contributed by atoms with Crippen LogP contribution in [0.5, 0.6) is 0 Å². The third-order valence-corrected chi connectivity index (χ3v) is 7.50. The molecule has 2 aromatic rings. The normalized spacial score (nSPS) is 20.9. The fourth-order valence-electron chi connectivity index (χ4n) is 5.46. The van der Waals surface area contributed by atoms with Gasteiger partial charge in [0.05, 0.1) is 0 Å². The van der Waals surface area contributed by atoms with E-state index in [4.69, 9.17) is 4.74 Å². The molecular formula is C30H39F2N3O3. The summed E-state index contributed by atoms with van der Waals surface area (Å²) in [5.74, 6) is -0.585. The number of hydrogen-bond acceptors (Lipinski definition) is 5. The Hall–Kier alpha value is -3.00. The van der Waals surface area contributed by atoms with Gasteiger partial charge in [-0.05, 0) is 101 Å². The Bertz CT molecular complexity index is 1080. The van der Waals surface area contributed by atoms with Crippen molar-refractivity contribution in [2.45, 2.75) is 45.6 Å². The standard InChI is InChI=1S/C30H39F2N3O3/c1-30(2,3)38-28(36)20-23-13-15-35(29(37)22-4-6-25(31)7-5-22)21-24(23)12-14-33-16-18-34(19-17-33)27-10-8-26(32)9-11-27/h4-11,23-24H,12-21H2,1-3H3/t23-,24+/m1/s1. The molecule has 0 aliphatic carbocycles. The molecule has 2 atom stereocenters. The van der Waals surface area contributed by atoms with Gasteiger partial charge >= 0.3 is 5.97 Å². The summed E-state index contributed by atoms with van der Waals surface area (Å²) in [5, 5.41) is 0. The largest absolute Gasteiger partial charge is 0.460 e. The van der Waals surface area contributed by atoms with Crippen LogP contribution in [0, 0.1) is 23.5 Å². The van der Waals surface area contributed by atoms with Crippen LogP contribution in [-0.4, -0.2) is 73.1 Å². The van der Waals surface area contributed by atoms with Gasteiger partial charge in [0.25, 0.3) is 5.91 Å². The van der Waals surface area contributed by atoms with Crippen molar-refractivity contribution >= 4 is 17.6 Å². The molecule has 0 spiro atoms. The molecule has 38 heavy (non-hydrogen) atoms. The number of nitrogens with zero attached hydrogens (tertiary/aromatic N) is 3. The summed E-state index contributed by atoms with van der Waals surface area (Å²) in [5.41, 5.74) is 0.981. The highest BCUT2D eigenvalue weighted by Crippen LogP contribution is 2.31. The van der Waals surface area contributed by atoms with Crippen LogP contribution in [0.3, 0.4) is 0 Å². The molecule has 0 saturated carbocycles. The molecule has 4 rings (SSSR count). The lowest BCUT2D eigenvalue weighted by molar-refractivity contribution is -0.156. The molecule has 0 bridgehead atoms. The van der Waals surface area contributed by atoms with E-state index in [0.29, 0.717) is 25.1 Å². The van der Waals surface area contributed by atoms with E-state index < -0.39 is 5.60 Å². The van der Waals surface area contributed by atoms with Crippen LogP contribution in [0.25, 0.3) is 0 Å². The van der Waals surface area contributed by atoms with Crippen LogP contribution >= 0.6 is 0 Å². The Labute approximate surface area is 224 Å². The number of piperazine rings is 1. The molecule has 0 aromatic heterocycles. The van der Waals surface area contributed by atoms with Crippen LogP contribution in [0.1, 0.15) is 50.4 Å². The minimum atomic E-state index is -0.532. The molecular weight excluding hydrogens is 488 g/mol. The molecule has 2 fully saturated rings. The van der Waals surface area contributed by atoms with Crippen LogP contribution in [-0.2, 0) is 9.53 Å². The maximum Gasteiger partial charge on any atom is 0.306 e. The van der Waals surface area contributed by atoms with Crippen LogP contribution in [0.4, 0.5) is 14.5 Å². The van der Waals surface area contributed by atoms with Gasteiger partial charge in [-0.2, -0.15) is 0 Å². The summed E-state index contributed by atoms with van der Waals surface area (Å²) in [4.78, 5) is 32.3. The molecule has 0 N–H and O–H groups in total. The SMILES string of the molecule is CC(C)(C)OC(=O)C[C@H]1CCN(C(=O)c2ccc(F)cc2)C[C@@H]1CCN1CCN(c2ccc(F)cc2)CC1. The van der Waals surface area contributed by atoms with Crippen LogP contribution in [0.15, 0.2) is 48.5 Å². The van der Waals surface area contributed by atoms with E-state index in [0.717, 1.165) is 51.3 Å². The topological polar surface area (TPSA) is 53.1 Å². The summed E-state index contributed by atoms with van der Waals surface area (Å²) < 4.78 is 32.3. The molecule has 2 aliphatic heterocycles. The van der Waals surface area contributed by atoms with Crippen molar-refractivity contribution in [2.75, 3.05) is 50.7 Å². The number of amides is 1. The predicted octanol–water partition coefficient (Wildman–Crippen LogP) is 4.99. The summed E-state index contributed by atoms with van der Waals surface area (Å²) in [6.07, 6.45) is 1.95. The lowest BCUT2D eigenvalue weighted by atomic mass is 9.80. The molecule has 2 aromatic carbocycles. The number of esters is 1. The minimum Gasteiger partial charge on any atom is -0.460 e. The number of ether oxygens (including phenoxy) is 1. The number of carbonyl (C=O) groups excluding carboxylic acids is 2. The van der Waals surface area contributed by atoms with Gasteiger partial charge in [-0.15, -0.1) is 0 Å². The molecule has 1 amide bonds.